The molecule has 1 unspecified atom stereocenters. The van der Waals surface area contributed by atoms with Gasteiger partial charge in [0.05, 0.1) is 6.61 Å². The van der Waals surface area contributed by atoms with Crippen molar-refractivity contribution >= 4 is 15.9 Å². The Labute approximate surface area is 116 Å². The van der Waals surface area contributed by atoms with Crippen molar-refractivity contribution in [1.82, 2.24) is 5.32 Å². The van der Waals surface area contributed by atoms with Crippen LogP contribution in [-0.2, 0) is 4.74 Å². The van der Waals surface area contributed by atoms with Crippen molar-refractivity contribution in [1.29, 1.82) is 0 Å². The number of rotatable bonds is 8. The van der Waals surface area contributed by atoms with E-state index in [1.807, 2.05) is 25.1 Å². The summed E-state index contributed by atoms with van der Waals surface area (Å²) in [4.78, 5) is 0. The van der Waals surface area contributed by atoms with E-state index in [1.165, 1.54) is 0 Å². The Balaban J connectivity index is 2.29. The van der Waals surface area contributed by atoms with E-state index in [2.05, 4.69) is 21.2 Å². The first-order valence-electron chi connectivity index (χ1n) is 5.90. The molecule has 1 atom stereocenters. The van der Waals surface area contributed by atoms with E-state index >= 15 is 0 Å². The van der Waals surface area contributed by atoms with Gasteiger partial charge in [-0.05, 0) is 24.6 Å². The van der Waals surface area contributed by atoms with Gasteiger partial charge in [-0.15, -0.1) is 0 Å². The zero-order chi connectivity index (χ0) is 13.4. The first kappa shape index (κ1) is 15.4. The number of aliphatic hydroxyl groups excluding tert-OH is 1. The first-order valence-corrected chi connectivity index (χ1v) is 6.69. The SMILES string of the molecule is COCCNCC(O)COc1cc(Br)ccc1C. The lowest BCUT2D eigenvalue weighted by molar-refractivity contribution is 0.103. The summed E-state index contributed by atoms with van der Waals surface area (Å²) in [5.74, 6) is 0.792. The summed E-state index contributed by atoms with van der Waals surface area (Å²) in [6.07, 6.45) is -0.528. The number of aryl methyl sites for hydroxylation is 1. The minimum atomic E-state index is -0.528. The molecule has 18 heavy (non-hydrogen) atoms. The molecule has 0 aliphatic rings. The Morgan fingerprint density at radius 1 is 1.44 bits per heavy atom. The van der Waals surface area contributed by atoms with E-state index in [0.717, 1.165) is 22.3 Å². The lowest BCUT2D eigenvalue weighted by Crippen LogP contribution is -2.33. The second-order valence-electron chi connectivity index (χ2n) is 4.07. The minimum absolute atomic E-state index is 0.275. The highest BCUT2D eigenvalue weighted by atomic mass is 79.9. The number of nitrogens with one attached hydrogen (secondary N) is 1. The number of methoxy groups -OCH3 is 1. The van der Waals surface area contributed by atoms with Gasteiger partial charge in [0.15, 0.2) is 0 Å². The molecule has 4 nitrogen and oxygen atoms in total. The molecule has 0 aliphatic carbocycles. The molecule has 102 valence electrons. The van der Waals surface area contributed by atoms with Gasteiger partial charge < -0.3 is 19.9 Å². The van der Waals surface area contributed by atoms with Gasteiger partial charge in [0.25, 0.3) is 0 Å². The quantitative estimate of drug-likeness (QED) is 0.717. The summed E-state index contributed by atoms with van der Waals surface area (Å²) < 4.78 is 11.5. The van der Waals surface area contributed by atoms with Crippen LogP contribution >= 0.6 is 15.9 Å². The van der Waals surface area contributed by atoms with Crippen LogP contribution in [0.5, 0.6) is 5.75 Å². The molecule has 2 N–H and O–H groups in total. The van der Waals surface area contributed by atoms with E-state index in [4.69, 9.17) is 9.47 Å². The molecule has 0 saturated heterocycles. The Morgan fingerprint density at radius 2 is 2.22 bits per heavy atom. The van der Waals surface area contributed by atoms with E-state index in [0.29, 0.717) is 13.2 Å². The smallest absolute Gasteiger partial charge is 0.123 e. The van der Waals surface area contributed by atoms with Crippen LogP contribution in [0.15, 0.2) is 22.7 Å². The molecule has 1 aromatic rings. The predicted molar refractivity (Wildman–Crippen MR) is 75.1 cm³/mol. The normalized spacial score (nSPS) is 12.4. The number of hydrogen-bond donors (Lipinski definition) is 2. The van der Waals surface area contributed by atoms with Crippen molar-refractivity contribution in [3.63, 3.8) is 0 Å². The number of hydrogen-bond acceptors (Lipinski definition) is 4. The topological polar surface area (TPSA) is 50.7 Å². The van der Waals surface area contributed by atoms with Crippen LogP contribution in [0.3, 0.4) is 0 Å². The second-order valence-corrected chi connectivity index (χ2v) is 4.99. The minimum Gasteiger partial charge on any atom is -0.491 e. The molecule has 0 aliphatic heterocycles. The van der Waals surface area contributed by atoms with Crippen LogP contribution in [0.1, 0.15) is 5.56 Å². The summed E-state index contributed by atoms with van der Waals surface area (Å²) in [5, 5.41) is 12.8. The van der Waals surface area contributed by atoms with Gasteiger partial charge >= 0.3 is 0 Å². The fourth-order valence-corrected chi connectivity index (χ4v) is 1.76. The molecule has 0 saturated carbocycles. The molecule has 1 rings (SSSR count). The van der Waals surface area contributed by atoms with E-state index in [-0.39, 0.29) is 6.61 Å². The van der Waals surface area contributed by atoms with E-state index < -0.39 is 6.10 Å². The molecule has 1 aromatic carbocycles. The maximum Gasteiger partial charge on any atom is 0.123 e. The van der Waals surface area contributed by atoms with Crippen LogP contribution in [0.4, 0.5) is 0 Å². The van der Waals surface area contributed by atoms with Crippen LogP contribution in [0.25, 0.3) is 0 Å². The third-order valence-corrected chi connectivity index (χ3v) is 2.94. The van der Waals surface area contributed by atoms with Crippen molar-refractivity contribution in [2.75, 3.05) is 33.4 Å². The zero-order valence-electron chi connectivity index (χ0n) is 10.8. The monoisotopic (exact) mass is 317 g/mol. The highest BCUT2D eigenvalue weighted by molar-refractivity contribution is 9.10. The number of benzene rings is 1. The van der Waals surface area contributed by atoms with Crippen LogP contribution in [0.2, 0.25) is 0 Å². The molecule has 0 amide bonds. The molecule has 0 aromatic heterocycles. The van der Waals surface area contributed by atoms with Gasteiger partial charge in [0.1, 0.15) is 18.5 Å². The van der Waals surface area contributed by atoms with Crippen LogP contribution in [0, 0.1) is 6.92 Å². The fraction of sp³-hybridized carbons (Fsp3) is 0.538. The first-order chi connectivity index (χ1) is 8.63. The molecule has 0 radical (unpaired) electrons. The average Bonchev–Trinajstić information content (AvgIpc) is 2.36. The summed E-state index contributed by atoms with van der Waals surface area (Å²) in [7, 11) is 1.65. The molecule has 0 bridgehead atoms. The molecular weight excluding hydrogens is 298 g/mol. The molecule has 5 heteroatoms. The molecular formula is C13H20BrNO3. The van der Waals surface area contributed by atoms with E-state index in [1.54, 1.807) is 7.11 Å². The third kappa shape index (κ3) is 5.82. The number of halogens is 1. The molecule has 0 fully saturated rings. The Bertz CT molecular complexity index is 360. The molecule has 0 heterocycles. The van der Waals surface area contributed by atoms with Gasteiger partial charge in [-0.1, -0.05) is 22.0 Å². The van der Waals surface area contributed by atoms with E-state index in [9.17, 15) is 5.11 Å². The lowest BCUT2D eigenvalue weighted by Gasteiger charge is -2.14. The summed E-state index contributed by atoms with van der Waals surface area (Å²) in [5.41, 5.74) is 1.05. The maximum atomic E-state index is 9.73. The zero-order valence-corrected chi connectivity index (χ0v) is 12.4. The Morgan fingerprint density at radius 3 is 2.94 bits per heavy atom. The lowest BCUT2D eigenvalue weighted by atomic mass is 10.2. The van der Waals surface area contributed by atoms with Crippen molar-refractivity contribution in [2.45, 2.75) is 13.0 Å². The predicted octanol–water partition coefficient (Wildman–Crippen LogP) is 1.73. The highest BCUT2D eigenvalue weighted by Crippen LogP contribution is 2.22. The van der Waals surface area contributed by atoms with Gasteiger partial charge in [-0.2, -0.15) is 0 Å². The third-order valence-electron chi connectivity index (χ3n) is 2.44. The summed E-state index contributed by atoms with van der Waals surface area (Å²) in [6, 6.07) is 5.84. The van der Waals surface area contributed by atoms with Crippen molar-refractivity contribution in [3.05, 3.63) is 28.2 Å². The maximum absolute atomic E-state index is 9.73. The van der Waals surface area contributed by atoms with Gasteiger partial charge in [0.2, 0.25) is 0 Å². The van der Waals surface area contributed by atoms with Gasteiger partial charge in [-0.3, -0.25) is 0 Å². The Hall–Kier alpha value is -0.620. The van der Waals surface area contributed by atoms with Crippen molar-refractivity contribution < 1.29 is 14.6 Å². The van der Waals surface area contributed by atoms with Gasteiger partial charge in [-0.25, -0.2) is 0 Å². The van der Waals surface area contributed by atoms with Crippen LogP contribution in [-0.4, -0.2) is 44.6 Å². The highest BCUT2D eigenvalue weighted by Gasteiger charge is 2.06. The molecule has 0 spiro atoms. The standard InChI is InChI=1S/C13H20BrNO3/c1-10-3-4-11(14)7-13(10)18-9-12(16)8-15-5-6-17-2/h3-4,7,12,15-16H,5-6,8-9H2,1-2H3. The fourth-order valence-electron chi connectivity index (χ4n) is 1.42. The van der Waals surface area contributed by atoms with Crippen molar-refractivity contribution in [2.24, 2.45) is 0 Å². The van der Waals surface area contributed by atoms with Crippen molar-refractivity contribution in [3.8, 4) is 5.75 Å². The number of ether oxygens (including phenoxy) is 2. The summed E-state index contributed by atoms with van der Waals surface area (Å²) >= 11 is 3.39. The van der Waals surface area contributed by atoms with Gasteiger partial charge in [0, 0.05) is 24.7 Å². The Kier molecular flexibility index (Phi) is 7.27. The summed E-state index contributed by atoms with van der Waals surface area (Å²) in [6.45, 7) is 4.11. The van der Waals surface area contributed by atoms with Crippen LogP contribution < -0.4 is 10.1 Å². The number of aliphatic hydroxyl groups is 1. The largest absolute Gasteiger partial charge is 0.491 e. The second kappa shape index (κ2) is 8.48. The average molecular weight is 318 g/mol.